The Morgan fingerprint density at radius 1 is 0.917 bits per heavy atom. The molecule has 1 aliphatic carbocycles. The monoisotopic (exact) mass is 160 g/mol. The Kier molecular flexibility index (Phi) is 1.76. The number of carbonyl (C=O) groups excluding carboxylic acids is 2. The van der Waals surface area contributed by atoms with E-state index in [2.05, 4.69) is 9.98 Å². The molecule has 0 aliphatic heterocycles. The van der Waals surface area contributed by atoms with E-state index in [1.54, 1.807) is 0 Å². The number of hydrogen-bond donors (Lipinski definition) is 0. The molecule has 1 fully saturated rings. The zero-order valence-electron chi connectivity index (χ0n) is 5.61. The van der Waals surface area contributed by atoms with Gasteiger partial charge in [0.15, 0.2) is 11.4 Å². The summed E-state index contributed by atoms with van der Waals surface area (Å²) >= 11 is 0. The molecule has 0 aromatic rings. The lowest BCUT2D eigenvalue weighted by Crippen LogP contribution is -2.49. The Morgan fingerprint density at radius 3 is 1.50 bits per heavy atom. The summed E-state index contributed by atoms with van der Waals surface area (Å²) in [6.07, 6.45) is 2.60. The van der Waals surface area contributed by atoms with E-state index in [4.69, 9.17) is 10.5 Å². The molecule has 6 heteroatoms. The molecule has 12 heavy (non-hydrogen) atoms. The Hall–Kier alpha value is -2.34. The SMILES string of the molecule is N#CN=C1C(=O)C(=NC#N)C1=O. The van der Waals surface area contributed by atoms with Crippen LogP contribution in [0.5, 0.6) is 0 Å². The van der Waals surface area contributed by atoms with Gasteiger partial charge in [-0.25, -0.2) is 0 Å². The zero-order chi connectivity index (χ0) is 9.14. The van der Waals surface area contributed by atoms with Gasteiger partial charge in [-0.2, -0.15) is 20.5 Å². The summed E-state index contributed by atoms with van der Waals surface area (Å²) in [6.45, 7) is 0. The van der Waals surface area contributed by atoms with Crippen molar-refractivity contribution in [1.29, 1.82) is 10.5 Å². The van der Waals surface area contributed by atoms with E-state index < -0.39 is 23.0 Å². The van der Waals surface area contributed by atoms with Crippen LogP contribution in [-0.2, 0) is 9.59 Å². The van der Waals surface area contributed by atoms with Gasteiger partial charge in [0, 0.05) is 0 Å². The highest BCUT2D eigenvalue weighted by Crippen LogP contribution is 2.03. The third-order valence-electron chi connectivity index (χ3n) is 1.18. The molecule has 0 radical (unpaired) electrons. The van der Waals surface area contributed by atoms with Gasteiger partial charge in [0.2, 0.25) is 24.0 Å². The Labute approximate surface area is 66.5 Å². The molecular weight excluding hydrogens is 160 g/mol. The van der Waals surface area contributed by atoms with Gasteiger partial charge in [0.1, 0.15) is 0 Å². The minimum absolute atomic E-state index is 0.452. The maximum Gasteiger partial charge on any atom is 0.239 e. The van der Waals surface area contributed by atoms with Crippen LogP contribution in [0.2, 0.25) is 0 Å². The highest BCUT2D eigenvalue weighted by Gasteiger charge is 2.42. The molecule has 0 bridgehead atoms. The van der Waals surface area contributed by atoms with Crippen molar-refractivity contribution < 1.29 is 9.59 Å². The van der Waals surface area contributed by atoms with E-state index in [1.807, 2.05) is 0 Å². The molecule has 0 aromatic heterocycles. The first-order valence-electron chi connectivity index (χ1n) is 2.75. The van der Waals surface area contributed by atoms with Crippen LogP contribution >= 0.6 is 0 Å². The van der Waals surface area contributed by atoms with Crippen LogP contribution in [0.1, 0.15) is 0 Å². The smallest absolute Gasteiger partial charge is 0.239 e. The number of nitrogens with zero attached hydrogens (tertiary/aromatic N) is 4. The molecule has 56 valence electrons. The first-order chi connectivity index (χ1) is 5.72. The van der Waals surface area contributed by atoms with Gasteiger partial charge < -0.3 is 0 Å². The van der Waals surface area contributed by atoms with Crippen molar-refractivity contribution in [3.05, 3.63) is 0 Å². The number of nitriles is 2. The molecule has 6 nitrogen and oxygen atoms in total. The van der Waals surface area contributed by atoms with E-state index in [0.29, 0.717) is 0 Å². The standard InChI is InChI=1S/C6N4O2/c7-1-9-3-5(11)4(6(3)12)10-2-8. The number of rotatable bonds is 0. The molecular formula is C6N4O2. The van der Waals surface area contributed by atoms with E-state index >= 15 is 0 Å². The van der Waals surface area contributed by atoms with Crippen molar-refractivity contribution in [1.82, 2.24) is 0 Å². The third-order valence-corrected chi connectivity index (χ3v) is 1.18. The molecule has 0 spiro atoms. The Morgan fingerprint density at radius 2 is 1.25 bits per heavy atom. The average molecular weight is 160 g/mol. The van der Waals surface area contributed by atoms with Crippen molar-refractivity contribution in [2.24, 2.45) is 9.98 Å². The van der Waals surface area contributed by atoms with Crippen LogP contribution in [0.3, 0.4) is 0 Å². The van der Waals surface area contributed by atoms with Gasteiger partial charge >= 0.3 is 0 Å². The molecule has 0 N–H and O–H groups in total. The molecule has 1 rings (SSSR count). The first kappa shape index (κ1) is 7.76. The molecule has 0 saturated heterocycles. The normalized spacial score (nSPS) is 14.5. The Bertz CT molecular complexity index is 348. The van der Waals surface area contributed by atoms with Crippen LogP contribution in [-0.4, -0.2) is 23.0 Å². The predicted octanol–water partition coefficient (Wildman–Crippen LogP) is -1.02. The predicted molar refractivity (Wildman–Crippen MR) is 36.1 cm³/mol. The molecule has 0 amide bonds. The summed E-state index contributed by atoms with van der Waals surface area (Å²) in [5.41, 5.74) is -0.905. The maximum absolute atomic E-state index is 10.8. The van der Waals surface area contributed by atoms with Gasteiger partial charge in [-0.1, -0.05) is 0 Å². The number of Topliss-reactive ketones (excluding diaryl/α,β-unsaturated/α-hetero) is 2. The summed E-state index contributed by atoms with van der Waals surface area (Å²) in [4.78, 5) is 27.4. The largest absolute Gasteiger partial charge is 0.285 e. The topological polar surface area (TPSA) is 106 Å². The van der Waals surface area contributed by atoms with Gasteiger partial charge in [-0.15, -0.1) is 0 Å². The van der Waals surface area contributed by atoms with E-state index in [1.165, 1.54) is 12.4 Å². The second kappa shape index (κ2) is 2.72. The quantitative estimate of drug-likeness (QED) is 0.422. The van der Waals surface area contributed by atoms with Gasteiger partial charge in [0.25, 0.3) is 0 Å². The van der Waals surface area contributed by atoms with Crippen molar-refractivity contribution in [2.75, 3.05) is 0 Å². The summed E-state index contributed by atoms with van der Waals surface area (Å²) in [7, 11) is 0. The second-order valence-corrected chi connectivity index (χ2v) is 1.78. The summed E-state index contributed by atoms with van der Waals surface area (Å²) in [5, 5.41) is 16.0. The van der Waals surface area contributed by atoms with Gasteiger partial charge in [-0.05, 0) is 0 Å². The highest BCUT2D eigenvalue weighted by atomic mass is 16.2. The third kappa shape index (κ3) is 0.879. The van der Waals surface area contributed by atoms with Crippen molar-refractivity contribution >= 4 is 23.0 Å². The van der Waals surface area contributed by atoms with Gasteiger partial charge in [-0.3, -0.25) is 9.59 Å². The number of ketones is 2. The zero-order valence-corrected chi connectivity index (χ0v) is 5.61. The lowest BCUT2D eigenvalue weighted by Gasteiger charge is -2.10. The molecule has 0 heterocycles. The van der Waals surface area contributed by atoms with Crippen LogP contribution in [0.4, 0.5) is 0 Å². The number of aliphatic imine (C=N–C) groups is 2. The van der Waals surface area contributed by atoms with Crippen molar-refractivity contribution in [3.63, 3.8) is 0 Å². The minimum Gasteiger partial charge on any atom is -0.285 e. The lowest BCUT2D eigenvalue weighted by atomic mass is 9.90. The Balaban J connectivity index is 3.02. The fraction of sp³-hybridized carbons (Fsp3) is 0. The summed E-state index contributed by atoms with van der Waals surface area (Å²) in [6, 6.07) is 0. The number of hydrogen-bond acceptors (Lipinski definition) is 6. The molecule has 1 aliphatic rings. The highest BCUT2D eigenvalue weighted by molar-refractivity contribution is 7.10. The van der Waals surface area contributed by atoms with E-state index in [9.17, 15) is 9.59 Å². The summed E-state index contributed by atoms with van der Waals surface area (Å²) in [5.74, 6) is -1.49. The van der Waals surface area contributed by atoms with E-state index in [-0.39, 0.29) is 0 Å². The van der Waals surface area contributed by atoms with E-state index in [0.717, 1.165) is 0 Å². The van der Waals surface area contributed by atoms with Crippen molar-refractivity contribution in [2.45, 2.75) is 0 Å². The van der Waals surface area contributed by atoms with Crippen LogP contribution in [0.15, 0.2) is 9.98 Å². The number of carbonyl (C=O) groups is 2. The molecule has 0 unspecified atom stereocenters. The first-order valence-corrected chi connectivity index (χ1v) is 2.75. The van der Waals surface area contributed by atoms with Gasteiger partial charge in [0.05, 0.1) is 0 Å². The molecule has 1 saturated carbocycles. The van der Waals surface area contributed by atoms with Crippen LogP contribution in [0.25, 0.3) is 0 Å². The average Bonchev–Trinajstić information content (AvgIpc) is 2.10. The fourth-order valence-electron chi connectivity index (χ4n) is 0.671. The fourth-order valence-corrected chi connectivity index (χ4v) is 0.671. The van der Waals surface area contributed by atoms with Crippen LogP contribution < -0.4 is 0 Å². The molecule has 0 atom stereocenters. The minimum atomic E-state index is -0.747. The van der Waals surface area contributed by atoms with Crippen LogP contribution in [0, 0.1) is 22.9 Å². The summed E-state index contributed by atoms with van der Waals surface area (Å²) < 4.78 is 0. The van der Waals surface area contributed by atoms with Crippen molar-refractivity contribution in [3.8, 4) is 12.4 Å². The lowest BCUT2D eigenvalue weighted by molar-refractivity contribution is -0.115. The maximum atomic E-state index is 10.8. The molecule has 0 aromatic carbocycles. The second-order valence-electron chi connectivity index (χ2n) is 1.78.